The maximum atomic E-state index is 6.04. The molecule has 0 radical (unpaired) electrons. The summed E-state index contributed by atoms with van der Waals surface area (Å²) in [5, 5.41) is 3.33. The van der Waals surface area contributed by atoms with Gasteiger partial charge in [-0.3, -0.25) is 0 Å². The van der Waals surface area contributed by atoms with E-state index in [0.717, 1.165) is 19.6 Å². The summed E-state index contributed by atoms with van der Waals surface area (Å²) >= 11 is 0. The Hall–Kier alpha value is -1.64. The molecule has 1 N–H and O–H groups in total. The average molecular weight is 283 g/mol. The molecule has 0 bridgehead atoms. The molecule has 112 valence electrons. The zero-order valence-corrected chi connectivity index (χ0v) is 13.0. The number of hydrogen-bond donors (Lipinski definition) is 1. The smallest absolute Gasteiger partial charge is 0.0717 e. The molecule has 0 aromatic heterocycles. The maximum absolute atomic E-state index is 6.04. The van der Waals surface area contributed by atoms with E-state index in [9.17, 15) is 0 Å². The van der Waals surface area contributed by atoms with Gasteiger partial charge in [0, 0.05) is 12.0 Å². The van der Waals surface area contributed by atoms with Crippen molar-refractivity contribution in [3.05, 3.63) is 71.8 Å². The molecule has 0 spiro atoms. The highest BCUT2D eigenvalue weighted by Gasteiger charge is 2.29. The first-order chi connectivity index (χ1) is 10.3. The first kappa shape index (κ1) is 15.7. The molecule has 2 aromatic carbocycles. The van der Waals surface area contributed by atoms with Gasteiger partial charge in [-0.05, 0) is 24.6 Å². The zero-order valence-electron chi connectivity index (χ0n) is 13.0. The van der Waals surface area contributed by atoms with Crippen LogP contribution < -0.4 is 5.32 Å². The third-order valence-corrected chi connectivity index (χ3v) is 4.07. The Morgan fingerprint density at radius 3 is 2.14 bits per heavy atom. The van der Waals surface area contributed by atoms with Crippen molar-refractivity contribution in [2.75, 3.05) is 20.2 Å². The van der Waals surface area contributed by atoms with Crippen LogP contribution in [-0.2, 0) is 16.8 Å². The minimum atomic E-state index is 0.0325. The largest absolute Gasteiger partial charge is 0.376 e. The van der Waals surface area contributed by atoms with Crippen LogP contribution in [0.3, 0.4) is 0 Å². The Labute approximate surface area is 128 Å². The summed E-state index contributed by atoms with van der Waals surface area (Å²) in [5.74, 6) is 0. The number of ether oxygens (including phenoxy) is 1. The number of likely N-dealkylation sites (N-methyl/N-ethyl adjacent to an activating group) is 1. The van der Waals surface area contributed by atoms with Crippen LogP contribution in [-0.4, -0.2) is 20.2 Å². The minimum Gasteiger partial charge on any atom is -0.376 e. The summed E-state index contributed by atoms with van der Waals surface area (Å²) in [6, 6.07) is 21.0. The predicted octanol–water partition coefficient (Wildman–Crippen LogP) is 3.77. The molecule has 0 aliphatic heterocycles. The van der Waals surface area contributed by atoms with Crippen LogP contribution in [0.1, 0.15) is 24.5 Å². The van der Waals surface area contributed by atoms with Crippen molar-refractivity contribution < 1.29 is 4.74 Å². The summed E-state index contributed by atoms with van der Waals surface area (Å²) in [6.07, 6.45) is 1.05. The van der Waals surface area contributed by atoms with E-state index in [0.29, 0.717) is 6.61 Å². The molecule has 2 heteroatoms. The lowest BCUT2D eigenvalue weighted by atomic mass is 9.78. The second-order valence-electron chi connectivity index (χ2n) is 5.51. The molecule has 0 amide bonds. The van der Waals surface area contributed by atoms with E-state index in [1.54, 1.807) is 0 Å². The first-order valence-corrected chi connectivity index (χ1v) is 7.62. The van der Waals surface area contributed by atoms with E-state index in [2.05, 4.69) is 66.8 Å². The molecule has 2 rings (SSSR count). The third kappa shape index (κ3) is 4.16. The second-order valence-corrected chi connectivity index (χ2v) is 5.51. The van der Waals surface area contributed by atoms with E-state index >= 15 is 0 Å². The number of rotatable bonds is 8. The SMILES string of the molecule is CCC(CNC)(COCc1ccccc1)c1ccccc1. The van der Waals surface area contributed by atoms with Gasteiger partial charge in [-0.1, -0.05) is 67.6 Å². The van der Waals surface area contributed by atoms with Crippen LogP contribution in [0.2, 0.25) is 0 Å². The summed E-state index contributed by atoms with van der Waals surface area (Å²) in [7, 11) is 2.00. The first-order valence-electron chi connectivity index (χ1n) is 7.62. The number of hydrogen-bond acceptors (Lipinski definition) is 2. The molecule has 0 heterocycles. The Kier molecular flexibility index (Phi) is 5.97. The van der Waals surface area contributed by atoms with Gasteiger partial charge in [0.1, 0.15) is 0 Å². The fraction of sp³-hybridized carbons (Fsp3) is 0.368. The second kappa shape index (κ2) is 7.96. The summed E-state index contributed by atoms with van der Waals surface area (Å²) in [4.78, 5) is 0. The van der Waals surface area contributed by atoms with Crippen LogP contribution in [0, 0.1) is 0 Å². The Balaban J connectivity index is 2.06. The standard InChI is InChI=1S/C19H25NO/c1-3-19(15-20-2,18-12-8-5-9-13-18)16-21-14-17-10-6-4-7-11-17/h4-13,20H,3,14-16H2,1-2H3. The van der Waals surface area contributed by atoms with Crippen LogP contribution in [0.5, 0.6) is 0 Å². The normalized spacial score (nSPS) is 13.8. The predicted molar refractivity (Wildman–Crippen MR) is 88.4 cm³/mol. The quantitative estimate of drug-likeness (QED) is 0.796. The fourth-order valence-corrected chi connectivity index (χ4v) is 2.74. The summed E-state index contributed by atoms with van der Waals surface area (Å²) in [5.41, 5.74) is 2.60. The van der Waals surface area contributed by atoms with Crippen LogP contribution in [0.15, 0.2) is 60.7 Å². The molecule has 0 aliphatic rings. The molecule has 0 aliphatic carbocycles. The van der Waals surface area contributed by atoms with Gasteiger partial charge < -0.3 is 10.1 Å². The molecule has 2 aromatic rings. The molecule has 1 atom stereocenters. The van der Waals surface area contributed by atoms with Crippen molar-refractivity contribution in [2.45, 2.75) is 25.4 Å². The van der Waals surface area contributed by atoms with Gasteiger partial charge in [-0.2, -0.15) is 0 Å². The molecule has 2 nitrogen and oxygen atoms in total. The van der Waals surface area contributed by atoms with Gasteiger partial charge in [-0.15, -0.1) is 0 Å². The van der Waals surface area contributed by atoms with Gasteiger partial charge >= 0.3 is 0 Å². The van der Waals surface area contributed by atoms with Gasteiger partial charge in [0.15, 0.2) is 0 Å². The fourth-order valence-electron chi connectivity index (χ4n) is 2.74. The lowest BCUT2D eigenvalue weighted by molar-refractivity contribution is 0.0683. The third-order valence-electron chi connectivity index (χ3n) is 4.07. The van der Waals surface area contributed by atoms with E-state index in [-0.39, 0.29) is 5.41 Å². The molecular formula is C19H25NO. The summed E-state index contributed by atoms with van der Waals surface area (Å²) < 4.78 is 6.04. The molecular weight excluding hydrogens is 258 g/mol. The van der Waals surface area contributed by atoms with Crippen molar-refractivity contribution in [3.8, 4) is 0 Å². The highest BCUT2D eigenvalue weighted by atomic mass is 16.5. The van der Waals surface area contributed by atoms with E-state index in [1.807, 2.05) is 13.1 Å². The van der Waals surface area contributed by atoms with Crippen molar-refractivity contribution in [2.24, 2.45) is 0 Å². The van der Waals surface area contributed by atoms with E-state index in [4.69, 9.17) is 4.74 Å². The lowest BCUT2D eigenvalue weighted by Crippen LogP contribution is -2.40. The molecule has 21 heavy (non-hydrogen) atoms. The van der Waals surface area contributed by atoms with Crippen molar-refractivity contribution in [1.29, 1.82) is 0 Å². The highest BCUT2D eigenvalue weighted by Crippen LogP contribution is 2.28. The van der Waals surface area contributed by atoms with Crippen molar-refractivity contribution >= 4 is 0 Å². The lowest BCUT2D eigenvalue weighted by Gasteiger charge is -2.33. The van der Waals surface area contributed by atoms with E-state index < -0.39 is 0 Å². The van der Waals surface area contributed by atoms with E-state index in [1.165, 1.54) is 11.1 Å². The molecule has 0 fully saturated rings. The Morgan fingerprint density at radius 2 is 1.57 bits per heavy atom. The number of benzene rings is 2. The average Bonchev–Trinajstić information content (AvgIpc) is 2.56. The van der Waals surface area contributed by atoms with Gasteiger partial charge in [0.2, 0.25) is 0 Å². The van der Waals surface area contributed by atoms with Crippen LogP contribution in [0.4, 0.5) is 0 Å². The Morgan fingerprint density at radius 1 is 0.952 bits per heavy atom. The van der Waals surface area contributed by atoms with Gasteiger partial charge in [0.25, 0.3) is 0 Å². The highest BCUT2D eigenvalue weighted by molar-refractivity contribution is 5.26. The minimum absolute atomic E-state index is 0.0325. The molecule has 0 saturated carbocycles. The maximum Gasteiger partial charge on any atom is 0.0717 e. The van der Waals surface area contributed by atoms with Crippen LogP contribution >= 0.6 is 0 Å². The zero-order chi connectivity index (χ0) is 15.0. The topological polar surface area (TPSA) is 21.3 Å². The van der Waals surface area contributed by atoms with Crippen LogP contribution in [0.25, 0.3) is 0 Å². The molecule has 1 unspecified atom stereocenters. The molecule has 0 saturated heterocycles. The Bertz CT molecular complexity index is 512. The van der Waals surface area contributed by atoms with Crippen molar-refractivity contribution in [1.82, 2.24) is 5.32 Å². The number of nitrogens with one attached hydrogen (secondary N) is 1. The van der Waals surface area contributed by atoms with Crippen molar-refractivity contribution in [3.63, 3.8) is 0 Å². The monoisotopic (exact) mass is 283 g/mol. The van der Waals surface area contributed by atoms with Gasteiger partial charge in [0.05, 0.1) is 13.2 Å². The van der Waals surface area contributed by atoms with Gasteiger partial charge in [-0.25, -0.2) is 0 Å². The summed E-state index contributed by atoms with van der Waals surface area (Å²) in [6.45, 7) is 4.54.